The Labute approximate surface area is 163 Å². The number of anilines is 1. The minimum absolute atomic E-state index is 0.540. The van der Waals surface area contributed by atoms with Crippen LogP contribution < -0.4 is 19.9 Å². The van der Waals surface area contributed by atoms with Crippen molar-refractivity contribution in [2.24, 2.45) is 7.05 Å². The molecule has 27 heavy (non-hydrogen) atoms. The molecule has 0 spiro atoms. The van der Waals surface area contributed by atoms with Crippen LogP contribution in [-0.2, 0) is 7.05 Å². The van der Waals surface area contributed by atoms with Gasteiger partial charge in [0.2, 0.25) is 5.75 Å². The highest BCUT2D eigenvalue weighted by atomic mass is 32.2. The predicted octanol–water partition coefficient (Wildman–Crippen LogP) is 4.08. The molecule has 0 bridgehead atoms. The number of aryl methyl sites for hydroxylation is 1. The van der Waals surface area contributed by atoms with Crippen molar-refractivity contribution in [1.29, 1.82) is 0 Å². The number of hydrogen-bond acceptors (Lipinski definition) is 6. The number of rotatable bonds is 6. The number of nitrogen functional groups attached to an aromatic ring is 1. The number of nitrogens with two attached hydrogens (primary N) is 1. The van der Waals surface area contributed by atoms with E-state index in [2.05, 4.69) is 35.6 Å². The van der Waals surface area contributed by atoms with Gasteiger partial charge in [-0.05, 0) is 36.1 Å². The molecular weight excluding hydrogens is 362 g/mol. The molecule has 0 unspecified atom stereocenters. The van der Waals surface area contributed by atoms with Gasteiger partial charge in [0.1, 0.15) is 11.5 Å². The first-order valence-corrected chi connectivity index (χ1v) is 9.53. The number of ether oxygens (including phenoxy) is 3. The van der Waals surface area contributed by atoms with E-state index in [4.69, 9.17) is 19.9 Å². The highest BCUT2D eigenvalue weighted by Crippen LogP contribution is 2.44. The van der Waals surface area contributed by atoms with Crippen molar-refractivity contribution in [2.45, 2.75) is 4.90 Å². The van der Waals surface area contributed by atoms with Crippen molar-refractivity contribution >= 4 is 17.6 Å². The average molecular weight is 385 g/mol. The Balaban J connectivity index is 2.22. The number of aromatic nitrogens is 2. The fourth-order valence-electron chi connectivity index (χ4n) is 3.00. The summed E-state index contributed by atoms with van der Waals surface area (Å²) in [5.41, 5.74) is 9.81. The molecule has 0 radical (unpaired) electrons. The molecule has 0 atom stereocenters. The molecule has 6 nitrogen and oxygen atoms in total. The fraction of sp³-hybridized carbons (Fsp3) is 0.250. The molecule has 0 amide bonds. The second-order valence-electron chi connectivity index (χ2n) is 5.87. The van der Waals surface area contributed by atoms with Crippen LogP contribution in [0.2, 0.25) is 0 Å². The zero-order chi connectivity index (χ0) is 19.6. The Morgan fingerprint density at radius 3 is 2.00 bits per heavy atom. The molecule has 0 aliphatic carbocycles. The normalized spacial score (nSPS) is 10.7. The van der Waals surface area contributed by atoms with Gasteiger partial charge in [0.15, 0.2) is 11.5 Å². The van der Waals surface area contributed by atoms with Crippen LogP contribution in [0.25, 0.3) is 22.4 Å². The summed E-state index contributed by atoms with van der Waals surface area (Å²) in [5, 5.41) is 4.64. The Hall–Kier alpha value is -2.80. The molecule has 7 heteroatoms. The van der Waals surface area contributed by atoms with Crippen molar-refractivity contribution in [3.63, 3.8) is 0 Å². The summed E-state index contributed by atoms with van der Waals surface area (Å²) < 4.78 is 18.1. The first-order valence-electron chi connectivity index (χ1n) is 8.31. The van der Waals surface area contributed by atoms with Crippen molar-refractivity contribution < 1.29 is 14.2 Å². The molecule has 0 saturated carbocycles. The van der Waals surface area contributed by atoms with E-state index in [1.54, 1.807) is 37.8 Å². The van der Waals surface area contributed by atoms with E-state index in [9.17, 15) is 0 Å². The van der Waals surface area contributed by atoms with Crippen LogP contribution in [0, 0.1) is 0 Å². The summed E-state index contributed by atoms with van der Waals surface area (Å²) in [5.74, 6) is 2.27. The van der Waals surface area contributed by atoms with Gasteiger partial charge in [-0.2, -0.15) is 5.10 Å². The smallest absolute Gasteiger partial charge is 0.203 e. The average Bonchev–Trinajstić information content (AvgIpc) is 3.01. The molecule has 0 fully saturated rings. The third-order valence-electron chi connectivity index (χ3n) is 4.41. The van der Waals surface area contributed by atoms with Gasteiger partial charge in [-0.15, -0.1) is 11.8 Å². The third kappa shape index (κ3) is 3.42. The molecule has 142 valence electrons. The highest BCUT2D eigenvalue weighted by molar-refractivity contribution is 7.98. The SMILES string of the molecule is COc1cc(-c2nn(C)c(N)c2-c2ccc(SC)cc2)cc(OC)c1OC. The van der Waals surface area contributed by atoms with Gasteiger partial charge in [0, 0.05) is 17.5 Å². The summed E-state index contributed by atoms with van der Waals surface area (Å²) in [7, 11) is 6.60. The highest BCUT2D eigenvalue weighted by Gasteiger charge is 2.21. The lowest BCUT2D eigenvalue weighted by Crippen LogP contribution is -1.98. The number of benzene rings is 2. The molecule has 0 aliphatic heterocycles. The Kier molecular flexibility index (Phi) is 5.51. The van der Waals surface area contributed by atoms with E-state index < -0.39 is 0 Å². The van der Waals surface area contributed by atoms with Crippen LogP contribution in [0.15, 0.2) is 41.3 Å². The summed E-state index contributed by atoms with van der Waals surface area (Å²) in [6.07, 6.45) is 2.05. The minimum Gasteiger partial charge on any atom is -0.493 e. The maximum Gasteiger partial charge on any atom is 0.203 e. The largest absolute Gasteiger partial charge is 0.493 e. The van der Waals surface area contributed by atoms with Gasteiger partial charge >= 0.3 is 0 Å². The van der Waals surface area contributed by atoms with Crippen LogP contribution >= 0.6 is 11.8 Å². The number of hydrogen-bond donors (Lipinski definition) is 1. The van der Waals surface area contributed by atoms with E-state index in [0.29, 0.717) is 23.1 Å². The van der Waals surface area contributed by atoms with Crippen LogP contribution in [0.1, 0.15) is 0 Å². The molecule has 3 aromatic rings. The van der Waals surface area contributed by atoms with E-state index in [0.717, 1.165) is 22.4 Å². The van der Waals surface area contributed by atoms with Gasteiger partial charge in [0.25, 0.3) is 0 Å². The zero-order valence-electron chi connectivity index (χ0n) is 16.1. The molecule has 1 aromatic heterocycles. The Bertz CT molecular complexity index is 927. The van der Waals surface area contributed by atoms with E-state index in [-0.39, 0.29) is 0 Å². The molecule has 3 rings (SSSR count). The van der Waals surface area contributed by atoms with Crippen LogP contribution in [-0.4, -0.2) is 37.4 Å². The number of nitrogens with zero attached hydrogens (tertiary/aromatic N) is 2. The quantitative estimate of drug-likeness (QED) is 0.645. The maximum atomic E-state index is 6.35. The first-order chi connectivity index (χ1) is 13.0. The van der Waals surface area contributed by atoms with E-state index in [1.807, 2.05) is 19.2 Å². The van der Waals surface area contributed by atoms with Crippen molar-refractivity contribution in [1.82, 2.24) is 9.78 Å². The summed E-state index contributed by atoms with van der Waals surface area (Å²) in [6.45, 7) is 0. The van der Waals surface area contributed by atoms with Crippen LogP contribution in [0.5, 0.6) is 17.2 Å². The zero-order valence-corrected chi connectivity index (χ0v) is 16.9. The Morgan fingerprint density at radius 1 is 0.926 bits per heavy atom. The maximum absolute atomic E-state index is 6.35. The topological polar surface area (TPSA) is 71.5 Å². The monoisotopic (exact) mass is 385 g/mol. The van der Waals surface area contributed by atoms with Gasteiger partial charge in [0.05, 0.1) is 26.9 Å². The van der Waals surface area contributed by atoms with Crippen LogP contribution in [0.4, 0.5) is 5.82 Å². The van der Waals surface area contributed by atoms with Gasteiger partial charge in [-0.1, -0.05) is 12.1 Å². The van der Waals surface area contributed by atoms with Crippen LogP contribution in [0.3, 0.4) is 0 Å². The van der Waals surface area contributed by atoms with Crippen molar-refractivity contribution in [3.05, 3.63) is 36.4 Å². The van der Waals surface area contributed by atoms with E-state index in [1.165, 1.54) is 4.90 Å². The molecule has 2 N–H and O–H groups in total. The summed E-state index contributed by atoms with van der Waals surface area (Å²) >= 11 is 1.70. The third-order valence-corrected chi connectivity index (χ3v) is 5.15. The first kappa shape index (κ1) is 19.0. The van der Waals surface area contributed by atoms with Gasteiger partial charge < -0.3 is 19.9 Å². The molecule has 0 aliphatic rings. The summed E-state index contributed by atoms with van der Waals surface area (Å²) in [4.78, 5) is 1.19. The standard InChI is InChI=1S/C20H23N3O3S/c1-23-20(21)17(12-6-8-14(27-5)9-7-12)18(22-23)13-10-15(24-2)19(26-4)16(11-13)25-3/h6-11H,21H2,1-5H3. The Morgan fingerprint density at radius 2 is 1.52 bits per heavy atom. The molecule has 2 aromatic carbocycles. The minimum atomic E-state index is 0.540. The fourth-order valence-corrected chi connectivity index (χ4v) is 3.41. The summed E-state index contributed by atoms with van der Waals surface area (Å²) in [6, 6.07) is 12.0. The lowest BCUT2D eigenvalue weighted by molar-refractivity contribution is 0.324. The number of thioether (sulfide) groups is 1. The second-order valence-corrected chi connectivity index (χ2v) is 6.75. The van der Waals surface area contributed by atoms with Crippen molar-refractivity contribution in [3.8, 4) is 39.6 Å². The lowest BCUT2D eigenvalue weighted by atomic mass is 10.00. The van der Waals surface area contributed by atoms with Gasteiger partial charge in [-0.25, -0.2) is 0 Å². The molecular formula is C20H23N3O3S. The van der Waals surface area contributed by atoms with Crippen molar-refractivity contribution in [2.75, 3.05) is 33.3 Å². The van der Waals surface area contributed by atoms with Gasteiger partial charge in [-0.3, -0.25) is 4.68 Å². The molecule has 1 heterocycles. The lowest BCUT2D eigenvalue weighted by Gasteiger charge is -2.14. The van der Waals surface area contributed by atoms with E-state index >= 15 is 0 Å². The second kappa shape index (κ2) is 7.84. The number of methoxy groups -OCH3 is 3. The predicted molar refractivity (Wildman–Crippen MR) is 110 cm³/mol. The molecule has 0 saturated heterocycles.